The Bertz CT molecular complexity index is 402. The molecule has 0 spiro atoms. The van der Waals surface area contributed by atoms with Crippen molar-refractivity contribution in [2.75, 3.05) is 11.9 Å². The van der Waals surface area contributed by atoms with Gasteiger partial charge in [-0.25, -0.2) is 4.79 Å². The maximum atomic E-state index is 11.7. The zero-order valence-electron chi connectivity index (χ0n) is 11.4. The minimum absolute atomic E-state index is 0.121. The summed E-state index contributed by atoms with van der Waals surface area (Å²) in [6, 6.07) is 7.37. The Hall–Kier alpha value is -1.55. The quantitative estimate of drug-likeness (QED) is 0.751. The topological polar surface area (TPSA) is 67.2 Å². The highest BCUT2D eigenvalue weighted by Gasteiger charge is 2.15. The van der Waals surface area contributed by atoms with Crippen molar-refractivity contribution < 1.29 is 4.79 Å². The van der Waals surface area contributed by atoms with Crippen LogP contribution in [0.5, 0.6) is 0 Å². The summed E-state index contributed by atoms with van der Waals surface area (Å²) in [4.78, 5) is 11.7. The Labute approximate surface area is 109 Å². The summed E-state index contributed by atoms with van der Waals surface area (Å²) in [5.74, 6) is 0. The molecule has 0 aromatic heterocycles. The highest BCUT2D eigenvalue weighted by molar-refractivity contribution is 5.89. The summed E-state index contributed by atoms with van der Waals surface area (Å²) in [6.45, 7) is 7.50. The van der Waals surface area contributed by atoms with Gasteiger partial charge in [0.25, 0.3) is 0 Å². The Kier molecular flexibility index (Phi) is 5.16. The van der Waals surface area contributed by atoms with Gasteiger partial charge in [-0.2, -0.15) is 0 Å². The maximum Gasteiger partial charge on any atom is 0.319 e. The van der Waals surface area contributed by atoms with E-state index in [1.54, 1.807) is 0 Å². The number of anilines is 1. The van der Waals surface area contributed by atoms with Crippen molar-refractivity contribution in [3.8, 4) is 0 Å². The molecule has 100 valence electrons. The van der Waals surface area contributed by atoms with Gasteiger partial charge in [0.15, 0.2) is 0 Å². The van der Waals surface area contributed by atoms with E-state index < -0.39 is 0 Å². The van der Waals surface area contributed by atoms with E-state index in [1.807, 2.05) is 24.3 Å². The molecule has 1 aromatic rings. The molecule has 0 saturated heterocycles. The van der Waals surface area contributed by atoms with E-state index in [-0.39, 0.29) is 11.4 Å². The van der Waals surface area contributed by atoms with E-state index in [0.29, 0.717) is 13.1 Å². The van der Waals surface area contributed by atoms with E-state index in [4.69, 9.17) is 5.73 Å². The van der Waals surface area contributed by atoms with E-state index in [0.717, 1.165) is 17.7 Å². The van der Waals surface area contributed by atoms with E-state index in [2.05, 4.69) is 31.4 Å². The molecular formula is C14H23N3O. The first-order valence-electron chi connectivity index (χ1n) is 6.31. The van der Waals surface area contributed by atoms with E-state index >= 15 is 0 Å². The first-order valence-corrected chi connectivity index (χ1v) is 6.31. The summed E-state index contributed by atoms with van der Waals surface area (Å²) in [7, 11) is 0. The second-order valence-corrected chi connectivity index (χ2v) is 5.23. The van der Waals surface area contributed by atoms with Crippen molar-refractivity contribution in [3.63, 3.8) is 0 Å². The Morgan fingerprint density at radius 1 is 1.39 bits per heavy atom. The predicted molar refractivity (Wildman–Crippen MR) is 75.4 cm³/mol. The molecule has 2 amide bonds. The van der Waals surface area contributed by atoms with Gasteiger partial charge in [-0.1, -0.05) is 32.9 Å². The summed E-state index contributed by atoms with van der Waals surface area (Å²) >= 11 is 0. The van der Waals surface area contributed by atoms with Crippen LogP contribution in [0, 0.1) is 5.41 Å². The molecule has 4 nitrogen and oxygen atoms in total. The van der Waals surface area contributed by atoms with Crippen LogP contribution in [0.3, 0.4) is 0 Å². The Morgan fingerprint density at radius 3 is 2.72 bits per heavy atom. The number of hydrogen-bond acceptors (Lipinski definition) is 2. The Morgan fingerprint density at radius 2 is 2.11 bits per heavy atom. The van der Waals surface area contributed by atoms with Gasteiger partial charge < -0.3 is 16.4 Å². The molecule has 1 rings (SSSR count). The predicted octanol–water partition coefficient (Wildman–Crippen LogP) is 2.70. The SMILES string of the molecule is CCC(C)(C)CNC(=O)Nc1cccc(CN)c1. The van der Waals surface area contributed by atoms with Crippen molar-refractivity contribution in [2.24, 2.45) is 11.1 Å². The van der Waals surface area contributed by atoms with Crippen molar-refractivity contribution in [3.05, 3.63) is 29.8 Å². The van der Waals surface area contributed by atoms with Gasteiger partial charge in [0.05, 0.1) is 0 Å². The van der Waals surface area contributed by atoms with Crippen molar-refractivity contribution >= 4 is 11.7 Å². The van der Waals surface area contributed by atoms with Crippen LogP contribution in [-0.2, 0) is 6.54 Å². The fourth-order valence-corrected chi connectivity index (χ4v) is 1.40. The number of rotatable bonds is 5. The monoisotopic (exact) mass is 249 g/mol. The van der Waals surface area contributed by atoms with Gasteiger partial charge >= 0.3 is 6.03 Å². The lowest BCUT2D eigenvalue weighted by Gasteiger charge is -2.22. The number of nitrogens with one attached hydrogen (secondary N) is 2. The van der Waals surface area contributed by atoms with Gasteiger partial charge in [-0.05, 0) is 29.5 Å². The molecule has 0 bridgehead atoms. The Balaban J connectivity index is 2.49. The summed E-state index contributed by atoms with van der Waals surface area (Å²) < 4.78 is 0. The molecule has 0 atom stereocenters. The molecule has 0 aliphatic heterocycles. The van der Waals surface area contributed by atoms with Gasteiger partial charge in [0.2, 0.25) is 0 Å². The van der Waals surface area contributed by atoms with Gasteiger partial charge in [0.1, 0.15) is 0 Å². The van der Waals surface area contributed by atoms with Crippen LogP contribution in [0.15, 0.2) is 24.3 Å². The third-order valence-electron chi connectivity index (χ3n) is 3.11. The van der Waals surface area contributed by atoms with Crippen LogP contribution < -0.4 is 16.4 Å². The number of benzene rings is 1. The standard InChI is InChI=1S/C14H23N3O/c1-4-14(2,3)10-16-13(18)17-12-7-5-6-11(8-12)9-15/h5-8H,4,9-10,15H2,1-3H3,(H2,16,17,18). The van der Waals surface area contributed by atoms with Gasteiger partial charge in [-0.3, -0.25) is 0 Å². The fraction of sp³-hybridized carbons (Fsp3) is 0.500. The largest absolute Gasteiger partial charge is 0.337 e. The second kappa shape index (κ2) is 6.40. The van der Waals surface area contributed by atoms with Crippen molar-refractivity contribution in [1.29, 1.82) is 0 Å². The molecule has 0 unspecified atom stereocenters. The maximum absolute atomic E-state index is 11.7. The molecular weight excluding hydrogens is 226 g/mol. The second-order valence-electron chi connectivity index (χ2n) is 5.23. The molecule has 0 radical (unpaired) electrons. The smallest absolute Gasteiger partial charge is 0.319 e. The van der Waals surface area contributed by atoms with Crippen molar-refractivity contribution in [1.82, 2.24) is 5.32 Å². The molecule has 0 aliphatic carbocycles. The normalized spacial score (nSPS) is 11.1. The fourth-order valence-electron chi connectivity index (χ4n) is 1.40. The lowest BCUT2D eigenvalue weighted by molar-refractivity contribution is 0.244. The average molecular weight is 249 g/mol. The lowest BCUT2D eigenvalue weighted by Crippen LogP contribution is -2.36. The molecule has 0 saturated carbocycles. The summed E-state index contributed by atoms with van der Waals surface area (Å²) in [5, 5.41) is 5.69. The molecule has 1 aromatic carbocycles. The van der Waals surface area contributed by atoms with Crippen LogP contribution in [-0.4, -0.2) is 12.6 Å². The number of hydrogen-bond donors (Lipinski definition) is 3. The van der Waals surface area contributed by atoms with Crippen LogP contribution >= 0.6 is 0 Å². The molecule has 0 fully saturated rings. The average Bonchev–Trinajstić information content (AvgIpc) is 2.37. The molecule has 4 N–H and O–H groups in total. The first kappa shape index (κ1) is 14.5. The molecule has 18 heavy (non-hydrogen) atoms. The van der Waals surface area contributed by atoms with Crippen LogP contribution in [0.1, 0.15) is 32.8 Å². The first-order chi connectivity index (χ1) is 8.46. The van der Waals surface area contributed by atoms with E-state index in [9.17, 15) is 4.79 Å². The van der Waals surface area contributed by atoms with Crippen molar-refractivity contribution in [2.45, 2.75) is 33.7 Å². The number of amides is 2. The summed E-state index contributed by atoms with van der Waals surface area (Å²) in [5.41, 5.74) is 7.45. The third kappa shape index (κ3) is 4.75. The number of carbonyl (C=O) groups excluding carboxylic acids is 1. The lowest BCUT2D eigenvalue weighted by atomic mass is 9.90. The minimum atomic E-state index is -0.175. The highest BCUT2D eigenvalue weighted by Crippen LogP contribution is 2.17. The van der Waals surface area contributed by atoms with Crippen LogP contribution in [0.2, 0.25) is 0 Å². The van der Waals surface area contributed by atoms with Crippen LogP contribution in [0.25, 0.3) is 0 Å². The molecule has 0 heterocycles. The zero-order chi connectivity index (χ0) is 13.6. The zero-order valence-corrected chi connectivity index (χ0v) is 11.4. The minimum Gasteiger partial charge on any atom is -0.337 e. The highest BCUT2D eigenvalue weighted by atomic mass is 16.2. The molecule has 0 aliphatic rings. The number of nitrogens with two attached hydrogens (primary N) is 1. The molecule has 4 heteroatoms. The van der Waals surface area contributed by atoms with E-state index in [1.165, 1.54) is 0 Å². The van der Waals surface area contributed by atoms with Gasteiger partial charge in [0, 0.05) is 18.8 Å². The number of carbonyl (C=O) groups is 1. The summed E-state index contributed by atoms with van der Waals surface area (Å²) in [6.07, 6.45) is 1.02. The number of urea groups is 1. The third-order valence-corrected chi connectivity index (χ3v) is 3.11. The van der Waals surface area contributed by atoms with Gasteiger partial charge in [-0.15, -0.1) is 0 Å². The van der Waals surface area contributed by atoms with Crippen LogP contribution in [0.4, 0.5) is 10.5 Å².